The highest BCUT2D eigenvalue weighted by Crippen LogP contribution is 2.18. The van der Waals surface area contributed by atoms with Gasteiger partial charge in [-0.05, 0) is 23.8 Å². The first-order valence-corrected chi connectivity index (χ1v) is 6.70. The van der Waals surface area contributed by atoms with Gasteiger partial charge in [0.2, 0.25) is 0 Å². The van der Waals surface area contributed by atoms with E-state index < -0.39 is 11.8 Å². The van der Waals surface area contributed by atoms with Crippen LogP contribution in [0.5, 0.6) is 0 Å². The second-order valence-electron chi connectivity index (χ2n) is 4.20. The molecule has 3 nitrogen and oxygen atoms in total. The predicted molar refractivity (Wildman–Crippen MR) is 76.0 cm³/mol. The van der Waals surface area contributed by atoms with Crippen molar-refractivity contribution in [2.24, 2.45) is 0 Å². The lowest BCUT2D eigenvalue weighted by Crippen LogP contribution is -2.01. The minimum Gasteiger partial charge on any atom is -0.478 e. The zero-order valence-electron chi connectivity index (χ0n) is 10.5. The molecule has 0 aliphatic rings. The summed E-state index contributed by atoms with van der Waals surface area (Å²) < 4.78 is 20.0. The van der Waals surface area contributed by atoms with Crippen molar-refractivity contribution in [1.82, 2.24) is 0 Å². The smallest absolute Gasteiger partial charge is 0.335 e. The Kier molecular flexibility index (Phi) is 4.87. The fourth-order valence-electron chi connectivity index (χ4n) is 1.68. The van der Waals surface area contributed by atoms with Gasteiger partial charge >= 0.3 is 5.97 Å². The number of carboxylic acid groups (broad SMARTS) is 1. The molecule has 2 rings (SSSR count). The van der Waals surface area contributed by atoms with Crippen molar-refractivity contribution in [3.8, 4) is 0 Å². The van der Waals surface area contributed by atoms with E-state index in [9.17, 15) is 9.18 Å². The highest BCUT2D eigenvalue weighted by Gasteiger charge is 2.08. The summed E-state index contributed by atoms with van der Waals surface area (Å²) in [5, 5.41) is 8.75. The Morgan fingerprint density at radius 1 is 1.15 bits per heavy atom. The summed E-state index contributed by atoms with van der Waals surface area (Å²) in [7, 11) is 0. The van der Waals surface area contributed by atoms with E-state index >= 15 is 0 Å². The van der Waals surface area contributed by atoms with Crippen LogP contribution in [0.15, 0.2) is 46.9 Å². The number of carboxylic acids is 1. The molecule has 1 N–H and O–H groups in total. The summed E-state index contributed by atoms with van der Waals surface area (Å²) in [4.78, 5) is 10.7. The summed E-state index contributed by atoms with van der Waals surface area (Å²) in [6.07, 6.45) is 0. The van der Waals surface area contributed by atoms with E-state index in [-0.39, 0.29) is 12.2 Å². The molecule has 0 atom stereocenters. The summed E-state index contributed by atoms with van der Waals surface area (Å²) in [6.45, 7) is 0.439. The molecular weight excluding hydrogens is 327 g/mol. The number of hydrogen-bond donors (Lipinski definition) is 1. The maximum atomic E-state index is 13.7. The van der Waals surface area contributed by atoms with Crippen molar-refractivity contribution >= 4 is 21.9 Å². The molecule has 0 aliphatic carbocycles. The molecule has 0 radical (unpaired) electrons. The Balaban J connectivity index is 1.98. The molecule has 0 saturated carbocycles. The van der Waals surface area contributed by atoms with Crippen LogP contribution >= 0.6 is 15.9 Å². The molecule has 0 bridgehead atoms. The van der Waals surface area contributed by atoms with E-state index in [0.29, 0.717) is 12.2 Å². The molecule has 2 aromatic carbocycles. The van der Waals surface area contributed by atoms with Crippen LogP contribution < -0.4 is 0 Å². The molecule has 0 spiro atoms. The molecule has 0 amide bonds. The van der Waals surface area contributed by atoms with Crippen LogP contribution in [0.3, 0.4) is 0 Å². The minimum absolute atomic E-state index is 0.0722. The number of carbonyl (C=O) groups is 1. The first-order valence-electron chi connectivity index (χ1n) is 5.91. The zero-order chi connectivity index (χ0) is 14.5. The molecular formula is C15H12BrFO3. The Hall–Kier alpha value is -1.72. The lowest BCUT2D eigenvalue weighted by atomic mass is 10.1. The Morgan fingerprint density at radius 3 is 2.50 bits per heavy atom. The second-order valence-corrected chi connectivity index (χ2v) is 5.05. The van der Waals surface area contributed by atoms with Crippen molar-refractivity contribution in [3.63, 3.8) is 0 Å². The van der Waals surface area contributed by atoms with E-state index in [2.05, 4.69) is 15.9 Å². The van der Waals surface area contributed by atoms with Crippen molar-refractivity contribution in [2.75, 3.05) is 0 Å². The average molecular weight is 339 g/mol. The van der Waals surface area contributed by atoms with Gasteiger partial charge in [-0.2, -0.15) is 0 Å². The molecule has 0 aliphatic heterocycles. The number of halogens is 2. The third-order valence-corrected chi connectivity index (χ3v) is 3.55. The SMILES string of the molecule is O=C(O)c1ccc(COCc2ccccc2Br)c(F)c1. The van der Waals surface area contributed by atoms with Gasteiger partial charge in [0.15, 0.2) is 0 Å². The van der Waals surface area contributed by atoms with Crippen LogP contribution in [0.1, 0.15) is 21.5 Å². The number of benzene rings is 2. The molecule has 20 heavy (non-hydrogen) atoms. The van der Waals surface area contributed by atoms with Crippen LogP contribution in [0, 0.1) is 5.82 Å². The van der Waals surface area contributed by atoms with E-state index in [1.165, 1.54) is 12.1 Å². The van der Waals surface area contributed by atoms with Gasteiger partial charge < -0.3 is 9.84 Å². The maximum Gasteiger partial charge on any atom is 0.335 e. The quantitative estimate of drug-likeness (QED) is 0.896. The van der Waals surface area contributed by atoms with Crippen LogP contribution in [-0.4, -0.2) is 11.1 Å². The van der Waals surface area contributed by atoms with Crippen LogP contribution in [0.25, 0.3) is 0 Å². The molecule has 0 fully saturated rings. The normalized spacial score (nSPS) is 10.5. The van der Waals surface area contributed by atoms with Gasteiger partial charge in [0, 0.05) is 10.0 Å². The van der Waals surface area contributed by atoms with Crippen molar-refractivity contribution in [2.45, 2.75) is 13.2 Å². The largest absolute Gasteiger partial charge is 0.478 e. The number of ether oxygens (including phenoxy) is 1. The number of aromatic carboxylic acids is 1. The predicted octanol–water partition coefficient (Wildman–Crippen LogP) is 4.00. The number of hydrogen-bond acceptors (Lipinski definition) is 2. The van der Waals surface area contributed by atoms with Gasteiger partial charge in [0.25, 0.3) is 0 Å². The summed E-state index contributed by atoms with van der Waals surface area (Å²) in [5.41, 5.74) is 1.23. The third-order valence-electron chi connectivity index (χ3n) is 2.77. The lowest BCUT2D eigenvalue weighted by molar-refractivity contribution is 0.0695. The van der Waals surface area contributed by atoms with E-state index in [4.69, 9.17) is 9.84 Å². The van der Waals surface area contributed by atoms with Crippen molar-refractivity contribution in [3.05, 3.63) is 69.4 Å². The highest BCUT2D eigenvalue weighted by atomic mass is 79.9. The molecule has 0 unspecified atom stereocenters. The topological polar surface area (TPSA) is 46.5 Å². The maximum absolute atomic E-state index is 13.7. The highest BCUT2D eigenvalue weighted by molar-refractivity contribution is 9.10. The Morgan fingerprint density at radius 2 is 1.85 bits per heavy atom. The summed E-state index contributed by atoms with van der Waals surface area (Å²) >= 11 is 3.40. The molecule has 0 saturated heterocycles. The van der Waals surface area contributed by atoms with Gasteiger partial charge in [0.1, 0.15) is 5.82 Å². The molecule has 2 aromatic rings. The van der Waals surface area contributed by atoms with E-state index in [1.807, 2.05) is 24.3 Å². The molecule has 0 aromatic heterocycles. The van der Waals surface area contributed by atoms with E-state index in [0.717, 1.165) is 16.1 Å². The lowest BCUT2D eigenvalue weighted by Gasteiger charge is -2.07. The zero-order valence-corrected chi connectivity index (χ0v) is 12.1. The van der Waals surface area contributed by atoms with E-state index in [1.54, 1.807) is 0 Å². The number of rotatable bonds is 5. The van der Waals surface area contributed by atoms with Crippen LogP contribution in [-0.2, 0) is 18.0 Å². The standard InChI is InChI=1S/C15H12BrFO3/c16-13-4-2-1-3-11(13)8-20-9-12-6-5-10(15(18)19)7-14(12)17/h1-7H,8-9H2,(H,18,19). The van der Waals surface area contributed by atoms with Gasteiger partial charge in [-0.1, -0.05) is 40.2 Å². The monoisotopic (exact) mass is 338 g/mol. The summed E-state index contributed by atoms with van der Waals surface area (Å²) in [5.74, 6) is -1.72. The van der Waals surface area contributed by atoms with Crippen LogP contribution in [0.4, 0.5) is 4.39 Å². The van der Waals surface area contributed by atoms with Crippen molar-refractivity contribution < 1.29 is 19.0 Å². The second kappa shape index (κ2) is 6.63. The Bertz CT molecular complexity index is 628. The summed E-state index contributed by atoms with van der Waals surface area (Å²) in [6, 6.07) is 11.4. The molecule has 0 heterocycles. The van der Waals surface area contributed by atoms with Crippen molar-refractivity contribution in [1.29, 1.82) is 0 Å². The third kappa shape index (κ3) is 3.65. The van der Waals surface area contributed by atoms with Gasteiger partial charge in [0.05, 0.1) is 18.8 Å². The average Bonchev–Trinajstić information content (AvgIpc) is 2.42. The van der Waals surface area contributed by atoms with Gasteiger partial charge in [-0.25, -0.2) is 9.18 Å². The fraction of sp³-hybridized carbons (Fsp3) is 0.133. The fourth-order valence-corrected chi connectivity index (χ4v) is 2.08. The minimum atomic E-state index is -1.15. The van der Waals surface area contributed by atoms with Gasteiger partial charge in [-0.15, -0.1) is 0 Å². The van der Waals surface area contributed by atoms with Gasteiger partial charge in [-0.3, -0.25) is 0 Å². The Labute approximate surface area is 124 Å². The first kappa shape index (κ1) is 14.7. The molecule has 104 valence electrons. The molecule has 5 heteroatoms. The first-order chi connectivity index (χ1) is 9.58. The van der Waals surface area contributed by atoms with Crippen LogP contribution in [0.2, 0.25) is 0 Å².